The van der Waals surface area contributed by atoms with E-state index in [-0.39, 0.29) is 5.91 Å². The molecule has 1 atom stereocenters. The average molecular weight is 244 g/mol. The van der Waals surface area contributed by atoms with Gasteiger partial charge in [-0.3, -0.25) is 4.79 Å². The maximum atomic E-state index is 11.5. The third kappa shape index (κ3) is 8.16. The quantitative estimate of drug-likeness (QED) is 0.573. The normalized spacial score (nSPS) is 12.8. The second-order valence-corrected chi connectivity index (χ2v) is 4.44. The molecule has 0 saturated carbocycles. The second-order valence-electron chi connectivity index (χ2n) is 4.44. The molecule has 4 heteroatoms. The number of hydrogen-bond acceptors (Lipinski definition) is 3. The number of carbonyl (C=O) groups excluding carboxylic acids is 1. The summed E-state index contributed by atoms with van der Waals surface area (Å²) >= 11 is 0. The summed E-state index contributed by atoms with van der Waals surface area (Å²) in [5.41, 5.74) is 0. The molecule has 0 fully saturated rings. The maximum absolute atomic E-state index is 11.5. The predicted octanol–water partition coefficient (Wildman–Crippen LogP) is 1.55. The van der Waals surface area contributed by atoms with Crippen LogP contribution in [0.3, 0.4) is 0 Å². The van der Waals surface area contributed by atoms with Gasteiger partial charge in [-0.1, -0.05) is 26.7 Å². The lowest BCUT2D eigenvalue weighted by Gasteiger charge is -2.22. The highest BCUT2D eigenvalue weighted by atomic mass is 16.5. The highest BCUT2D eigenvalue weighted by Gasteiger charge is 2.13. The van der Waals surface area contributed by atoms with Crippen molar-refractivity contribution >= 4 is 5.91 Å². The lowest BCUT2D eigenvalue weighted by molar-refractivity contribution is -0.120. The van der Waals surface area contributed by atoms with Crippen LogP contribution in [0.4, 0.5) is 0 Å². The minimum Gasteiger partial charge on any atom is -0.385 e. The molecule has 0 spiro atoms. The molecule has 0 aliphatic heterocycles. The summed E-state index contributed by atoms with van der Waals surface area (Å²) in [6, 6.07) is 0.398. The first-order valence-corrected chi connectivity index (χ1v) is 6.64. The Morgan fingerprint density at radius 3 is 2.47 bits per heavy atom. The van der Waals surface area contributed by atoms with E-state index in [0.29, 0.717) is 31.7 Å². The molecule has 2 N–H and O–H groups in total. The zero-order valence-corrected chi connectivity index (χ0v) is 11.7. The Hall–Kier alpha value is -0.610. The van der Waals surface area contributed by atoms with Crippen LogP contribution in [0.15, 0.2) is 0 Å². The molecule has 102 valence electrons. The Morgan fingerprint density at radius 1 is 1.29 bits per heavy atom. The summed E-state index contributed by atoms with van der Waals surface area (Å²) in [6.07, 6.45) is 3.17. The molecule has 4 nitrogen and oxygen atoms in total. The number of methoxy groups -OCH3 is 1. The van der Waals surface area contributed by atoms with E-state index in [9.17, 15) is 4.79 Å². The maximum Gasteiger partial charge on any atom is 0.233 e. The molecular formula is C13H28N2O2. The Kier molecular flexibility index (Phi) is 10.2. The molecule has 1 unspecified atom stereocenters. The lowest BCUT2D eigenvalue weighted by Crippen LogP contribution is -2.41. The van der Waals surface area contributed by atoms with Gasteiger partial charge in [0, 0.05) is 26.3 Å². The number of rotatable bonds is 10. The molecule has 0 aromatic rings. The molecule has 0 aliphatic carbocycles. The summed E-state index contributed by atoms with van der Waals surface area (Å²) in [7, 11) is 1.67. The van der Waals surface area contributed by atoms with Crippen LogP contribution < -0.4 is 10.6 Å². The largest absolute Gasteiger partial charge is 0.385 e. The molecule has 0 radical (unpaired) electrons. The van der Waals surface area contributed by atoms with E-state index in [2.05, 4.69) is 31.4 Å². The van der Waals surface area contributed by atoms with Crippen LogP contribution in [0, 0.1) is 5.92 Å². The highest BCUT2D eigenvalue weighted by molar-refractivity contribution is 5.77. The fourth-order valence-electron chi connectivity index (χ4n) is 1.92. The van der Waals surface area contributed by atoms with Gasteiger partial charge in [0.2, 0.25) is 5.91 Å². The van der Waals surface area contributed by atoms with E-state index in [0.717, 1.165) is 19.3 Å². The fraction of sp³-hybridized carbons (Fsp3) is 0.923. The van der Waals surface area contributed by atoms with Crippen LogP contribution in [0.1, 0.15) is 40.0 Å². The van der Waals surface area contributed by atoms with E-state index >= 15 is 0 Å². The van der Waals surface area contributed by atoms with Gasteiger partial charge >= 0.3 is 0 Å². The molecule has 0 saturated heterocycles. The van der Waals surface area contributed by atoms with Gasteiger partial charge < -0.3 is 15.4 Å². The predicted molar refractivity (Wildman–Crippen MR) is 71.0 cm³/mol. The topological polar surface area (TPSA) is 50.4 Å². The van der Waals surface area contributed by atoms with Crippen molar-refractivity contribution in [3.8, 4) is 0 Å². The van der Waals surface area contributed by atoms with Crippen molar-refractivity contribution in [2.24, 2.45) is 5.92 Å². The van der Waals surface area contributed by atoms with Crippen LogP contribution in [0.25, 0.3) is 0 Å². The van der Waals surface area contributed by atoms with Crippen molar-refractivity contribution in [1.82, 2.24) is 10.6 Å². The van der Waals surface area contributed by atoms with Crippen LogP contribution in [-0.2, 0) is 9.53 Å². The van der Waals surface area contributed by atoms with Gasteiger partial charge in [-0.15, -0.1) is 0 Å². The molecular weight excluding hydrogens is 216 g/mol. The van der Waals surface area contributed by atoms with Gasteiger partial charge in [0.15, 0.2) is 0 Å². The van der Waals surface area contributed by atoms with Crippen molar-refractivity contribution in [1.29, 1.82) is 0 Å². The first kappa shape index (κ1) is 16.4. The Balaban J connectivity index is 3.61. The first-order chi connectivity index (χ1) is 8.15. The van der Waals surface area contributed by atoms with Crippen LogP contribution >= 0.6 is 0 Å². The van der Waals surface area contributed by atoms with E-state index < -0.39 is 0 Å². The van der Waals surface area contributed by atoms with Crippen molar-refractivity contribution in [2.45, 2.75) is 46.1 Å². The minimum absolute atomic E-state index is 0.0684. The van der Waals surface area contributed by atoms with E-state index in [4.69, 9.17) is 4.74 Å². The molecule has 17 heavy (non-hydrogen) atoms. The van der Waals surface area contributed by atoms with Gasteiger partial charge in [-0.25, -0.2) is 0 Å². The number of ether oxygens (including phenoxy) is 1. The van der Waals surface area contributed by atoms with Gasteiger partial charge in [-0.05, 0) is 19.3 Å². The zero-order valence-electron chi connectivity index (χ0n) is 11.7. The average Bonchev–Trinajstić information content (AvgIpc) is 2.33. The van der Waals surface area contributed by atoms with Crippen molar-refractivity contribution in [3.05, 3.63) is 0 Å². The summed E-state index contributed by atoms with van der Waals surface area (Å²) in [5.74, 6) is 0.718. The third-order valence-electron chi connectivity index (χ3n) is 3.19. The number of hydrogen-bond donors (Lipinski definition) is 2. The third-order valence-corrected chi connectivity index (χ3v) is 3.19. The summed E-state index contributed by atoms with van der Waals surface area (Å²) in [4.78, 5) is 11.5. The van der Waals surface area contributed by atoms with Crippen LogP contribution in [0.5, 0.6) is 0 Å². The number of carbonyl (C=O) groups is 1. The Morgan fingerprint density at radius 2 is 1.94 bits per heavy atom. The number of amides is 1. The number of nitrogens with one attached hydrogen (secondary N) is 2. The molecule has 0 aromatic heterocycles. The Labute approximate surface area is 105 Å². The second kappa shape index (κ2) is 10.5. The molecule has 0 aromatic carbocycles. The zero-order chi connectivity index (χ0) is 13.1. The van der Waals surface area contributed by atoms with Crippen molar-refractivity contribution in [2.75, 3.05) is 26.8 Å². The van der Waals surface area contributed by atoms with Gasteiger partial charge in [-0.2, -0.15) is 0 Å². The van der Waals surface area contributed by atoms with Crippen LogP contribution in [0.2, 0.25) is 0 Å². The van der Waals surface area contributed by atoms with E-state index in [1.54, 1.807) is 7.11 Å². The highest BCUT2D eigenvalue weighted by Crippen LogP contribution is 2.11. The monoisotopic (exact) mass is 244 g/mol. The molecule has 0 rings (SSSR count). The lowest BCUT2D eigenvalue weighted by atomic mass is 9.95. The first-order valence-electron chi connectivity index (χ1n) is 6.64. The summed E-state index contributed by atoms with van der Waals surface area (Å²) < 4.78 is 4.92. The van der Waals surface area contributed by atoms with Crippen molar-refractivity contribution < 1.29 is 9.53 Å². The summed E-state index contributed by atoms with van der Waals surface area (Å²) in [6.45, 7) is 8.32. The van der Waals surface area contributed by atoms with Crippen LogP contribution in [-0.4, -0.2) is 38.8 Å². The SMILES string of the molecule is CCC(CC)C(C)NCC(=O)NCCCOC. The molecule has 1 amide bonds. The molecule has 0 aliphatic rings. The van der Waals surface area contributed by atoms with Gasteiger partial charge in [0.05, 0.1) is 6.54 Å². The van der Waals surface area contributed by atoms with Crippen molar-refractivity contribution in [3.63, 3.8) is 0 Å². The van der Waals surface area contributed by atoms with Gasteiger partial charge in [0.25, 0.3) is 0 Å². The van der Waals surface area contributed by atoms with Gasteiger partial charge in [0.1, 0.15) is 0 Å². The Bertz CT molecular complexity index is 194. The molecule has 0 bridgehead atoms. The summed E-state index contributed by atoms with van der Waals surface area (Å²) in [5, 5.41) is 6.15. The smallest absolute Gasteiger partial charge is 0.233 e. The van der Waals surface area contributed by atoms with E-state index in [1.165, 1.54) is 0 Å². The molecule has 0 heterocycles. The van der Waals surface area contributed by atoms with E-state index in [1.807, 2.05) is 0 Å². The standard InChI is InChI=1S/C13H28N2O2/c1-5-12(6-2)11(3)15-10-13(16)14-8-7-9-17-4/h11-12,15H,5-10H2,1-4H3,(H,14,16). The minimum atomic E-state index is 0.0684. The fourth-order valence-corrected chi connectivity index (χ4v) is 1.92.